The van der Waals surface area contributed by atoms with Crippen molar-refractivity contribution in [2.45, 2.75) is 0 Å². The zero-order valence-electron chi connectivity index (χ0n) is 7.22. The fraction of sp³-hybridized carbons (Fsp3) is 0.143. The van der Waals surface area contributed by atoms with Gasteiger partial charge in [-0.1, -0.05) is 0 Å². The lowest BCUT2D eigenvalue weighted by Gasteiger charge is -1.94. The number of rotatable bonds is 1. The third kappa shape index (κ3) is 0.987. The van der Waals surface area contributed by atoms with E-state index in [1.54, 1.807) is 0 Å². The molecule has 0 atom stereocenters. The van der Waals surface area contributed by atoms with Crippen LogP contribution in [0.5, 0.6) is 0 Å². The van der Waals surface area contributed by atoms with E-state index in [1.165, 1.54) is 17.8 Å². The lowest BCUT2D eigenvalue weighted by molar-refractivity contribution is -0.383. The minimum Gasteiger partial charge on any atom is -0.304 e. The molecule has 0 amide bonds. The zero-order valence-corrected chi connectivity index (χ0v) is 7.22. The highest BCUT2D eigenvalue weighted by Crippen LogP contribution is 2.20. The van der Waals surface area contributed by atoms with Crippen LogP contribution in [-0.2, 0) is 7.05 Å². The molecule has 0 aliphatic carbocycles. The minimum atomic E-state index is -0.567. The van der Waals surface area contributed by atoms with Gasteiger partial charge in [-0.15, -0.1) is 0 Å². The second-order valence-corrected chi connectivity index (χ2v) is 2.80. The maximum absolute atomic E-state index is 11.2. The van der Waals surface area contributed by atoms with Crippen molar-refractivity contribution in [1.29, 1.82) is 0 Å². The number of hydrogen-bond acceptors (Lipinski definition) is 4. The Hall–Kier alpha value is -2.18. The molecule has 72 valence electrons. The van der Waals surface area contributed by atoms with Crippen molar-refractivity contribution in [3.8, 4) is 0 Å². The largest absolute Gasteiger partial charge is 0.326 e. The molecule has 1 N–H and O–H groups in total. The van der Waals surface area contributed by atoms with Crippen LogP contribution in [0.3, 0.4) is 0 Å². The lowest BCUT2D eigenvalue weighted by Crippen LogP contribution is -2.12. The molecule has 2 rings (SSSR count). The predicted molar refractivity (Wildman–Crippen MR) is 48.0 cm³/mol. The van der Waals surface area contributed by atoms with E-state index in [0.717, 1.165) is 6.20 Å². The number of hydrogen-bond donors (Lipinski definition) is 1. The molecule has 0 saturated heterocycles. The van der Waals surface area contributed by atoms with E-state index >= 15 is 0 Å². The number of fused-ring (bicyclic) bond motifs is 1. The first kappa shape index (κ1) is 8.42. The van der Waals surface area contributed by atoms with E-state index in [1.807, 2.05) is 0 Å². The number of nitro groups is 1. The van der Waals surface area contributed by atoms with E-state index < -0.39 is 10.6 Å². The van der Waals surface area contributed by atoms with Crippen molar-refractivity contribution < 1.29 is 4.92 Å². The van der Waals surface area contributed by atoms with Gasteiger partial charge in [0.25, 0.3) is 0 Å². The van der Waals surface area contributed by atoms with Gasteiger partial charge < -0.3 is 4.98 Å². The maximum Gasteiger partial charge on any atom is 0.326 e. The molecular formula is C7H6N4O3. The molecule has 2 heterocycles. The summed E-state index contributed by atoms with van der Waals surface area (Å²) in [5.41, 5.74) is 0.0566. The number of nitrogens with zero attached hydrogens (tertiary/aromatic N) is 3. The summed E-state index contributed by atoms with van der Waals surface area (Å²) < 4.78 is 1.19. The van der Waals surface area contributed by atoms with Crippen molar-refractivity contribution in [2.24, 2.45) is 7.05 Å². The van der Waals surface area contributed by atoms with Gasteiger partial charge in [-0.3, -0.25) is 19.7 Å². The molecule has 14 heavy (non-hydrogen) atoms. The Kier molecular flexibility index (Phi) is 1.60. The van der Waals surface area contributed by atoms with Gasteiger partial charge in [0, 0.05) is 7.05 Å². The molecule has 7 heteroatoms. The quantitative estimate of drug-likeness (QED) is 0.517. The Morgan fingerprint density at radius 3 is 2.93 bits per heavy atom. The smallest absolute Gasteiger partial charge is 0.304 e. The summed E-state index contributed by atoms with van der Waals surface area (Å²) in [6, 6.07) is 0. The topological polar surface area (TPSA) is 93.8 Å². The van der Waals surface area contributed by atoms with Crippen LogP contribution >= 0.6 is 0 Å². The molecule has 0 aromatic carbocycles. The lowest BCUT2D eigenvalue weighted by atomic mass is 10.3. The average Bonchev–Trinajstić information content (AvgIpc) is 2.43. The molecule has 0 spiro atoms. The van der Waals surface area contributed by atoms with Gasteiger partial charge in [-0.2, -0.15) is 0 Å². The van der Waals surface area contributed by atoms with Crippen LogP contribution in [-0.4, -0.2) is 19.5 Å². The Morgan fingerprint density at radius 1 is 1.57 bits per heavy atom. The molecule has 0 radical (unpaired) electrons. The van der Waals surface area contributed by atoms with Gasteiger partial charge in [-0.25, -0.2) is 4.79 Å². The van der Waals surface area contributed by atoms with Gasteiger partial charge in [0.05, 0.1) is 16.6 Å². The summed E-state index contributed by atoms with van der Waals surface area (Å²) in [4.78, 5) is 27.3. The second kappa shape index (κ2) is 2.66. The SMILES string of the molecule is Cn1c(=O)[nH]c2cncc([N+](=O)[O-])c21. The van der Waals surface area contributed by atoms with Crippen LogP contribution in [0.15, 0.2) is 17.2 Å². The van der Waals surface area contributed by atoms with Crippen LogP contribution in [0, 0.1) is 10.1 Å². The third-order valence-corrected chi connectivity index (χ3v) is 1.98. The predicted octanol–water partition coefficient (Wildman–Crippen LogP) is 0.170. The van der Waals surface area contributed by atoms with Gasteiger partial charge in [0.15, 0.2) is 5.52 Å². The molecule has 0 fully saturated rings. The van der Waals surface area contributed by atoms with Crippen LogP contribution < -0.4 is 5.69 Å². The number of nitrogens with one attached hydrogen (secondary N) is 1. The van der Waals surface area contributed by atoms with E-state index in [0.29, 0.717) is 5.52 Å². The molecule has 7 nitrogen and oxygen atoms in total. The van der Waals surface area contributed by atoms with Crippen LogP contribution in [0.25, 0.3) is 11.0 Å². The van der Waals surface area contributed by atoms with Crippen molar-refractivity contribution in [3.05, 3.63) is 33.0 Å². The summed E-state index contributed by atoms with van der Waals surface area (Å²) in [6.07, 6.45) is 2.50. The molecule has 2 aromatic heterocycles. The van der Waals surface area contributed by atoms with E-state index in [9.17, 15) is 14.9 Å². The van der Waals surface area contributed by atoms with Crippen molar-refractivity contribution in [2.75, 3.05) is 0 Å². The normalized spacial score (nSPS) is 10.6. The summed E-state index contributed by atoms with van der Waals surface area (Å²) >= 11 is 0. The molecule has 0 bridgehead atoms. The summed E-state index contributed by atoms with van der Waals surface area (Å²) in [5, 5.41) is 10.6. The highest BCUT2D eigenvalue weighted by atomic mass is 16.6. The molecule has 0 unspecified atom stereocenters. The average molecular weight is 194 g/mol. The molecule has 0 aliphatic rings. The van der Waals surface area contributed by atoms with Gasteiger partial charge in [0.2, 0.25) is 0 Å². The summed E-state index contributed by atoms with van der Waals surface area (Å²) in [6.45, 7) is 0. The number of aromatic amines is 1. The molecular weight excluding hydrogens is 188 g/mol. The first-order valence-corrected chi connectivity index (χ1v) is 3.78. The Bertz CT molecular complexity index is 568. The third-order valence-electron chi connectivity index (χ3n) is 1.98. The van der Waals surface area contributed by atoms with Crippen LogP contribution in [0.2, 0.25) is 0 Å². The zero-order chi connectivity index (χ0) is 10.3. The van der Waals surface area contributed by atoms with Gasteiger partial charge in [-0.05, 0) is 0 Å². The molecule has 0 aliphatic heterocycles. The number of aromatic nitrogens is 3. The van der Waals surface area contributed by atoms with Crippen LogP contribution in [0.1, 0.15) is 0 Å². The van der Waals surface area contributed by atoms with Crippen molar-refractivity contribution in [3.63, 3.8) is 0 Å². The Morgan fingerprint density at radius 2 is 2.29 bits per heavy atom. The Balaban J connectivity index is 2.98. The first-order chi connectivity index (χ1) is 6.61. The Labute approximate surface area is 77.2 Å². The van der Waals surface area contributed by atoms with E-state index in [-0.39, 0.29) is 11.2 Å². The highest BCUT2D eigenvalue weighted by Gasteiger charge is 2.16. The molecule has 0 saturated carbocycles. The first-order valence-electron chi connectivity index (χ1n) is 3.78. The van der Waals surface area contributed by atoms with E-state index in [2.05, 4.69) is 9.97 Å². The second-order valence-electron chi connectivity index (χ2n) is 2.80. The highest BCUT2D eigenvalue weighted by molar-refractivity contribution is 5.83. The number of imidazole rings is 1. The van der Waals surface area contributed by atoms with E-state index in [4.69, 9.17) is 0 Å². The van der Waals surface area contributed by atoms with Crippen LogP contribution in [0.4, 0.5) is 5.69 Å². The number of pyridine rings is 1. The van der Waals surface area contributed by atoms with Crippen molar-refractivity contribution >= 4 is 16.7 Å². The fourth-order valence-electron chi connectivity index (χ4n) is 1.32. The number of aryl methyl sites for hydroxylation is 1. The summed E-state index contributed by atoms with van der Waals surface area (Å²) in [5.74, 6) is 0. The molecule has 2 aromatic rings. The maximum atomic E-state index is 11.2. The van der Waals surface area contributed by atoms with Gasteiger partial charge in [0.1, 0.15) is 6.20 Å². The number of H-pyrrole nitrogens is 1. The van der Waals surface area contributed by atoms with Crippen molar-refractivity contribution in [1.82, 2.24) is 14.5 Å². The standard InChI is InChI=1S/C7H6N4O3/c1-10-6-4(9-7(10)12)2-8-3-5(6)11(13)14/h2-3H,1H3,(H,9,12). The van der Waals surface area contributed by atoms with Gasteiger partial charge >= 0.3 is 11.4 Å². The minimum absolute atomic E-state index is 0.177. The summed E-state index contributed by atoms with van der Waals surface area (Å²) in [7, 11) is 1.47. The fourth-order valence-corrected chi connectivity index (χ4v) is 1.32. The monoisotopic (exact) mass is 194 g/mol.